The molecule has 0 saturated carbocycles. The molecule has 0 amide bonds. The Morgan fingerprint density at radius 1 is 1.60 bits per heavy atom. The van der Waals surface area contributed by atoms with Crippen molar-refractivity contribution in [2.24, 2.45) is 18.7 Å². The SMILES string of the molecule is CC1CC(CN)CN1Cc1ccnn1C. The van der Waals surface area contributed by atoms with Crippen LogP contribution in [-0.4, -0.2) is 33.8 Å². The van der Waals surface area contributed by atoms with E-state index in [9.17, 15) is 0 Å². The summed E-state index contributed by atoms with van der Waals surface area (Å²) in [7, 11) is 2.00. The summed E-state index contributed by atoms with van der Waals surface area (Å²) in [6.45, 7) is 5.22. The summed E-state index contributed by atoms with van der Waals surface area (Å²) in [6.07, 6.45) is 3.09. The molecule has 4 nitrogen and oxygen atoms in total. The normalized spacial score (nSPS) is 27.4. The van der Waals surface area contributed by atoms with Crippen LogP contribution in [0.5, 0.6) is 0 Å². The van der Waals surface area contributed by atoms with Crippen molar-refractivity contribution < 1.29 is 0 Å². The predicted octanol–water partition coefficient (Wildman–Crippen LogP) is 0.589. The lowest BCUT2D eigenvalue weighted by Gasteiger charge is -2.20. The molecule has 0 aliphatic carbocycles. The van der Waals surface area contributed by atoms with Crippen molar-refractivity contribution in [3.8, 4) is 0 Å². The largest absolute Gasteiger partial charge is 0.330 e. The minimum atomic E-state index is 0.647. The Morgan fingerprint density at radius 3 is 2.93 bits per heavy atom. The first kappa shape index (κ1) is 10.6. The van der Waals surface area contributed by atoms with Gasteiger partial charge in [-0.05, 0) is 31.9 Å². The molecule has 0 aromatic carbocycles. The molecule has 0 bridgehead atoms. The van der Waals surface area contributed by atoms with Gasteiger partial charge in [-0.25, -0.2) is 0 Å². The van der Waals surface area contributed by atoms with E-state index in [0.29, 0.717) is 12.0 Å². The number of nitrogens with zero attached hydrogens (tertiary/aromatic N) is 3. The van der Waals surface area contributed by atoms with Gasteiger partial charge in [-0.3, -0.25) is 9.58 Å². The Balaban J connectivity index is 1.98. The molecule has 1 saturated heterocycles. The fraction of sp³-hybridized carbons (Fsp3) is 0.727. The zero-order valence-corrected chi connectivity index (χ0v) is 9.56. The van der Waals surface area contributed by atoms with Crippen molar-refractivity contribution in [2.75, 3.05) is 13.1 Å². The van der Waals surface area contributed by atoms with Crippen molar-refractivity contribution in [3.05, 3.63) is 18.0 Å². The van der Waals surface area contributed by atoms with Gasteiger partial charge in [-0.2, -0.15) is 5.10 Å². The highest BCUT2D eigenvalue weighted by molar-refractivity contribution is 5.01. The van der Waals surface area contributed by atoms with E-state index in [4.69, 9.17) is 5.73 Å². The Morgan fingerprint density at radius 2 is 2.40 bits per heavy atom. The lowest BCUT2D eigenvalue weighted by Crippen LogP contribution is -2.28. The first-order chi connectivity index (χ1) is 7.20. The van der Waals surface area contributed by atoms with Crippen LogP contribution in [0.2, 0.25) is 0 Å². The van der Waals surface area contributed by atoms with Gasteiger partial charge in [0.05, 0.1) is 5.69 Å². The van der Waals surface area contributed by atoms with Crippen molar-refractivity contribution in [3.63, 3.8) is 0 Å². The van der Waals surface area contributed by atoms with Gasteiger partial charge in [0.15, 0.2) is 0 Å². The molecule has 2 N–H and O–H groups in total. The molecule has 2 atom stereocenters. The molecule has 1 aromatic heterocycles. The maximum Gasteiger partial charge on any atom is 0.0521 e. The van der Waals surface area contributed by atoms with E-state index in [0.717, 1.165) is 19.6 Å². The third-order valence-electron chi connectivity index (χ3n) is 3.41. The second-order valence-corrected chi connectivity index (χ2v) is 4.56. The molecular weight excluding hydrogens is 188 g/mol. The van der Waals surface area contributed by atoms with E-state index in [1.165, 1.54) is 12.1 Å². The number of likely N-dealkylation sites (tertiary alicyclic amines) is 1. The summed E-state index contributed by atoms with van der Waals surface area (Å²) in [4.78, 5) is 2.49. The molecule has 2 unspecified atom stereocenters. The van der Waals surface area contributed by atoms with Gasteiger partial charge >= 0.3 is 0 Å². The van der Waals surface area contributed by atoms with Crippen LogP contribution in [0.15, 0.2) is 12.3 Å². The van der Waals surface area contributed by atoms with Crippen molar-refractivity contribution in [1.29, 1.82) is 0 Å². The Hall–Kier alpha value is -0.870. The summed E-state index contributed by atoms with van der Waals surface area (Å²) in [5, 5.41) is 4.19. The van der Waals surface area contributed by atoms with E-state index in [2.05, 4.69) is 23.0 Å². The first-order valence-electron chi connectivity index (χ1n) is 5.61. The average molecular weight is 208 g/mol. The third-order valence-corrected chi connectivity index (χ3v) is 3.41. The molecule has 1 aliphatic rings. The van der Waals surface area contributed by atoms with Gasteiger partial charge in [-0.1, -0.05) is 0 Å². The number of nitrogens with two attached hydrogens (primary N) is 1. The minimum absolute atomic E-state index is 0.647. The maximum absolute atomic E-state index is 5.72. The Bertz CT molecular complexity index is 320. The quantitative estimate of drug-likeness (QED) is 0.791. The molecule has 1 aromatic rings. The van der Waals surface area contributed by atoms with Gasteiger partial charge in [0.25, 0.3) is 0 Å². The number of hydrogen-bond donors (Lipinski definition) is 1. The third kappa shape index (κ3) is 2.21. The van der Waals surface area contributed by atoms with E-state index in [1.807, 2.05) is 17.9 Å². The average Bonchev–Trinajstić information content (AvgIpc) is 2.76. The van der Waals surface area contributed by atoms with Crippen LogP contribution >= 0.6 is 0 Å². The lowest BCUT2D eigenvalue weighted by molar-refractivity contribution is 0.249. The highest BCUT2D eigenvalue weighted by Crippen LogP contribution is 2.23. The van der Waals surface area contributed by atoms with Crippen molar-refractivity contribution in [1.82, 2.24) is 14.7 Å². The maximum atomic E-state index is 5.72. The van der Waals surface area contributed by atoms with E-state index < -0.39 is 0 Å². The molecule has 2 heterocycles. The monoisotopic (exact) mass is 208 g/mol. The van der Waals surface area contributed by atoms with Crippen LogP contribution in [0.25, 0.3) is 0 Å². The van der Waals surface area contributed by atoms with Crippen LogP contribution < -0.4 is 5.73 Å². The highest BCUT2D eigenvalue weighted by atomic mass is 15.3. The highest BCUT2D eigenvalue weighted by Gasteiger charge is 2.28. The molecule has 2 rings (SSSR count). The second-order valence-electron chi connectivity index (χ2n) is 4.56. The molecule has 1 fully saturated rings. The number of aromatic nitrogens is 2. The molecule has 0 radical (unpaired) electrons. The fourth-order valence-electron chi connectivity index (χ4n) is 2.37. The van der Waals surface area contributed by atoms with Gasteiger partial charge in [-0.15, -0.1) is 0 Å². The van der Waals surface area contributed by atoms with E-state index >= 15 is 0 Å². The lowest BCUT2D eigenvalue weighted by atomic mass is 10.1. The number of hydrogen-bond acceptors (Lipinski definition) is 3. The Labute approximate surface area is 91.1 Å². The summed E-state index contributed by atoms with van der Waals surface area (Å²) in [6, 6.07) is 2.73. The second kappa shape index (κ2) is 4.33. The zero-order valence-electron chi connectivity index (χ0n) is 9.56. The van der Waals surface area contributed by atoms with Gasteiger partial charge in [0.2, 0.25) is 0 Å². The van der Waals surface area contributed by atoms with E-state index in [-0.39, 0.29) is 0 Å². The number of aryl methyl sites for hydroxylation is 1. The molecule has 1 aliphatic heterocycles. The standard InChI is InChI=1S/C11H20N4/c1-9-5-10(6-12)7-15(9)8-11-3-4-13-14(11)2/h3-4,9-10H,5-8,12H2,1-2H3. The van der Waals surface area contributed by atoms with Crippen LogP contribution in [0, 0.1) is 5.92 Å². The van der Waals surface area contributed by atoms with Crippen LogP contribution in [-0.2, 0) is 13.6 Å². The van der Waals surface area contributed by atoms with Crippen LogP contribution in [0.4, 0.5) is 0 Å². The Kier molecular flexibility index (Phi) is 3.07. The smallest absolute Gasteiger partial charge is 0.0521 e. The van der Waals surface area contributed by atoms with Crippen LogP contribution in [0.3, 0.4) is 0 Å². The summed E-state index contributed by atoms with van der Waals surface area (Å²) < 4.78 is 1.95. The first-order valence-corrected chi connectivity index (χ1v) is 5.61. The van der Waals surface area contributed by atoms with Crippen LogP contribution in [0.1, 0.15) is 19.0 Å². The van der Waals surface area contributed by atoms with Gasteiger partial charge in [0.1, 0.15) is 0 Å². The molecule has 15 heavy (non-hydrogen) atoms. The topological polar surface area (TPSA) is 47.1 Å². The van der Waals surface area contributed by atoms with Gasteiger partial charge < -0.3 is 5.73 Å². The fourth-order valence-corrected chi connectivity index (χ4v) is 2.37. The summed E-state index contributed by atoms with van der Waals surface area (Å²) in [5.41, 5.74) is 6.99. The predicted molar refractivity (Wildman–Crippen MR) is 60.2 cm³/mol. The van der Waals surface area contributed by atoms with Crippen molar-refractivity contribution in [2.45, 2.75) is 25.9 Å². The van der Waals surface area contributed by atoms with Gasteiger partial charge in [0, 0.05) is 32.4 Å². The zero-order chi connectivity index (χ0) is 10.8. The molecule has 84 valence electrons. The number of rotatable bonds is 3. The van der Waals surface area contributed by atoms with E-state index in [1.54, 1.807) is 0 Å². The summed E-state index contributed by atoms with van der Waals surface area (Å²) in [5.74, 6) is 0.674. The summed E-state index contributed by atoms with van der Waals surface area (Å²) >= 11 is 0. The molecule has 0 spiro atoms. The minimum Gasteiger partial charge on any atom is -0.330 e. The molecular formula is C11H20N4. The molecule has 4 heteroatoms. The van der Waals surface area contributed by atoms with Crippen molar-refractivity contribution >= 4 is 0 Å².